The molecule has 0 saturated heterocycles. The Bertz CT molecular complexity index is 682. The standard InChI is InChI=1S/C15H12I2N2O3/c16-11-6-9(7-12(17)14(11)21)8-18-19-15(22)13(20)10-4-2-1-3-5-10/h1-8,13,20-21H,(H,19,22)/b18-8-/t13-/m1/s1. The number of aliphatic hydroxyl groups excluding tert-OH is 1. The Morgan fingerprint density at radius 3 is 2.36 bits per heavy atom. The van der Waals surface area contributed by atoms with Crippen molar-refractivity contribution in [2.24, 2.45) is 5.10 Å². The van der Waals surface area contributed by atoms with Crippen LogP contribution in [-0.4, -0.2) is 22.3 Å². The summed E-state index contributed by atoms with van der Waals surface area (Å²) in [6.07, 6.45) is 0.192. The van der Waals surface area contributed by atoms with Crippen LogP contribution >= 0.6 is 45.2 Å². The van der Waals surface area contributed by atoms with E-state index in [4.69, 9.17) is 0 Å². The summed E-state index contributed by atoms with van der Waals surface area (Å²) in [4.78, 5) is 11.8. The van der Waals surface area contributed by atoms with Crippen LogP contribution in [0.2, 0.25) is 0 Å². The summed E-state index contributed by atoms with van der Waals surface area (Å²) >= 11 is 4.03. The van der Waals surface area contributed by atoms with Crippen LogP contribution in [0.4, 0.5) is 0 Å². The molecule has 0 aliphatic rings. The maximum Gasteiger partial charge on any atom is 0.273 e. The van der Waals surface area contributed by atoms with Crippen LogP contribution in [0.15, 0.2) is 47.6 Å². The summed E-state index contributed by atoms with van der Waals surface area (Å²) in [6, 6.07) is 12.1. The zero-order valence-corrected chi connectivity index (χ0v) is 15.5. The third-order valence-electron chi connectivity index (χ3n) is 2.79. The predicted molar refractivity (Wildman–Crippen MR) is 101 cm³/mol. The van der Waals surface area contributed by atoms with E-state index in [9.17, 15) is 15.0 Å². The Balaban J connectivity index is 2.02. The SMILES string of the molecule is O=C(N/N=C\c1cc(I)c(O)c(I)c1)[C@H](O)c1ccccc1. The van der Waals surface area contributed by atoms with Crippen LogP contribution in [0.5, 0.6) is 5.75 Å². The van der Waals surface area contributed by atoms with E-state index in [2.05, 4.69) is 10.5 Å². The summed E-state index contributed by atoms with van der Waals surface area (Å²) in [5.41, 5.74) is 3.54. The molecule has 0 radical (unpaired) electrons. The fraction of sp³-hybridized carbons (Fsp3) is 0.0667. The number of phenols is 1. The molecule has 2 rings (SSSR count). The number of aromatic hydroxyl groups is 1. The van der Waals surface area contributed by atoms with E-state index in [1.54, 1.807) is 42.5 Å². The summed E-state index contributed by atoms with van der Waals surface area (Å²) in [5, 5.41) is 23.4. The number of rotatable bonds is 4. The highest BCUT2D eigenvalue weighted by atomic mass is 127. The number of phenolic OH excluding ortho intramolecular Hbond substituents is 1. The second-order valence-electron chi connectivity index (χ2n) is 4.38. The minimum Gasteiger partial charge on any atom is -0.506 e. The molecule has 0 heterocycles. The first kappa shape index (κ1) is 17.2. The number of nitrogens with one attached hydrogen (secondary N) is 1. The fourth-order valence-electron chi connectivity index (χ4n) is 1.68. The lowest BCUT2D eigenvalue weighted by atomic mass is 10.1. The summed E-state index contributed by atoms with van der Waals surface area (Å²) < 4.78 is 1.39. The van der Waals surface area contributed by atoms with Gasteiger partial charge in [-0.15, -0.1) is 0 Å². The number of carbonyl (C=O) groups is 1. The maximum atomic E-state index is 11.8. The van der Waals surface area contributed by atoms with E-state index >= 15 is 0 Å². The van der Waals surface area contributed by atoms with Crippen LogP contribution < -0.4 is 5.43 Å². The number of hydrazone groups is 1. The van der Waals surface area contributed by atoms with Gasteiger partial charge < -0.3 is 10.2 Å². The Kier molecular flexibility index (Phi) is 6.15. The second kappa shape index (κ2) is 7.88. The Labute approximate surface area is 154 Å². The van der Waals surface area contributed by atoms with Crippen molar-refractivity contribution in [1.29, 1.82) is 0 Å². The highest BCUT2D eigenvalue weighted by Gasteiger charge is 2.15. The van der Waals surface area contributed by atoms with Gasteiger partial charge in [0.15, 0.2) is 6.10 Å². The highest BCUT2D eigenvalue weighted by Crippen LogP contribution is 2.26. The molecule has 0 fully saturated rings. The van der Waals surface area contributed by atoms with Gasteiger partial charge in [0, 0.05) is 0 Å². The Morgan fingerprint density at radius 1 is 1.18 bits per heavy atom. The first-order chi connectivity index (χ1) is 10.5. The number of hydrogen-bond donors (Lipinski definition) is 3. The lowest BCUT2D eigenvalue weighted by Gasteiger charge is -2.08. The van der Waals surface area contributed by atoms with Crippen molar-refractivity contribution in [3.05, 3.63) is 60.7 Å². The number of hydrogen-bond acceptors (Lipinski definition) is 4. The van der Waals surface area contributed by atoms with E-state index in [-0.39, 0.29) is 5.75 Å². The van der Waals surface area contributed by atoms with Gasteiger partial charge in [-0.05, 0) is 68.4 Å². The van der Waals surface area contributed by atoms with Crippen molar-refractivity contribution in [2.45, 2.75) is 6.10 Å². The molecule has 5 nitrogen and oxygen atoms in total. The van der Waals surface area contributed by atoms with Crippen LogP contribution in [0, 0.1) is 7.14 Å². The van der Waals surface area contributed by atoms with E-state index in [1.807, 2.05) is 45.2 Å². The molecule has 0 aliphatic heterocycles. The number of benzene rings is 2. The van der Waals surface area contributed by atoms with E-state index < -0.39 is 12.0 Å². The zero-order chi connectivity index (χ0) is 16.1. The number of nitrogens with zero attached hydrogens (tertiary/aromatic N) is 1. The molecule has 114 valence electrons. The second-order valence-corrected chi connectivity index (χ2v) is 6.71. The lowest BCUT2D eigenvalue weighted by Crippen LogP contribution is -2.25. The van der Waals surface area contributed by atoms with Gasteiger partial charge in [-0.1, -0.05) is 30.3 Å². The quantitative estimate of drug-likeness (QED) is 0.329. The van der Waals surface area contributed by atoms with Crippen LogP contribution in [-0.2, 0) is 4.79 Å². The minimum absolute atomic E-state index is 0.224. The average molecular weight is 522 g/mol. The normalized spacial score (nSPS) is 12.3. The molecule has 3 N–H and O–H groups in total. The largest absolute Gasteiger partial charge is 0.506 e. The van der Waals surface area contributed by atoms with Crippen molar-refractivity contribution in [2.75, 3.05) is 0 Å². The Hall–Kier alpha value is -1.20. The van der Waals surface area contributed by atoms with E-state index in [1.165, 1.54) is 6.21 Å². The van der Waals surface area contributed by atoms with Crippen molar-refractivity contribution < 1.29 is 15.0 Å². The van der Waals surface area contributed by atoms with Gasteiger partial charge in [0.2, 0.25) is 0 Å². The zero-order valence-electron chi connectivity index (χ0n) is 11.2. The van der Waals surface area contributed by atoms with Gasteiger partial charge in [0.05, 0.1) is 13.4 Å². The van der Waals surface area contributed by atoms with Crippen molar-refractivity contribution in [3.63, 3.8) is 0 Å². The average Bonchev–Trinajstić information content (AvgIpc) is 2.52. The van der Waals surface area contributed by atoms with Crippen LogP contribution in [0.3, 0.4) is 0 Å². The van der Waals surface area contributed by atoms with Crippen LogP contribution in [0.25, 0.3) is 0 Å². The topological polar surface area (TPSA) is 81.9 Å². The molecular weight excluding hydrogens is 510 g/mol. The minimum atomic E-state index is -1.27. The molecule has 1 atom stereocenters. The number of aliphatic hydroxyl groups is 1. The van der Waals surface area contributed by atoms with Crippen LogP contribution in [0.1, 0.15) is 17.2 Å². The molecule has 0 bridgehead atoms. The van der Waals surface area contributed by atoms with E-state index in [0.29, 0.717) is 12.7 Å². The third kappa shape index (κ3) is 4.40. The first-order valence-corrected chi connectivity index (χ1v) is 8.38. The molecule has 22 heavy (non-hydrogen) atoms. The first-order valence-electron chi connectivity index (χ1n) is 6.23. The molecule has 1 amide bonds. The van der Waals surface area contributed by atoms with Gasteiger partial charge in [-0.2, -0.15) is 5.10 Å². The van der Waals surface area contributed by atoms with E-state index in [0.717, 1.165) is 5.56 Å². The molecule has 0 saturated carbocycles. The predicted octanol–water partition coefficient (Wildman–Crippen LogP) is 2.79. The molecular formula is C15H12I2N2O3. The van der Waals surface area contributed by atoms with Gasteiger partial charge in [-0.25, -0.2) is 5.43 Å². The molecule has 0 spiro atoms. The van der Waals surface area contributed by atoms with Crippen molar-refractivity contribution in [1.82, 2.24) is 5.43 Å². The van der Waals surface area contributed by atoms with Crippen molar-refractivity contribution >= 4 is 57.3 Å². The van der Waals surface area contributed by atoms with Crippen molar-refractivity contribution in [3.8, 4) is 5.75 Å². The van der Waals surface area contributed by atoms with Gasteiger partial charge >= 0.3 is 0 Å². The molecule has 2 aromatic rings. The molecule has 0 aliphatic carbocycles. The lowest BCUT2D eigenvalue weighted by molar-refractivity contribution is -0.129. The number of halogens is 2. The third-order valence-corrected chi connectivity index (χ3v) is 4.44. The summed E-state index contributed by atoms with van der Waals surface area (Å²) in [7, 11) is 0. The molecule has 0 aromatic heterocycles. The molecule has 7 heteroatoms. The molecule has 0 unspecified atom stereocenters. The maximum absolute atomic E-state index is 11.8. The van der Waals surface area contributed by atoms with Gasteiger partial charge in [0.1, 0.15) is 5.75 Å². The number of carbonyl (C=O) groups excluding carboxylic acids is 1. The summed E-state index contributed by atoms with van der Waals surface area (Å²) in [6.45, 7) is 0. The highest BCUT2D eigenvalue weighted by molar-refractivity contribution is 14.1. The Morgan fingerprint density at radius 2 is 1.77 bits per heavy atom. The molecule has 2 aromatic carbocycles. The van der Waals surface area contributed by atoms with Gasteiger partial charge in [-0.3, -0.25) is 4.79 Å². The number of amides is 1. The summed E-state index contributed by atoms with van der Waals surface area (Å²) in [5.74, 6) is -0.382. The van der Waals surface area contributed by atoms with Gasteiger partial charge in [0.25, 0.3) is 5.91 Å². The fourth-order valence-corrected chi connectivity index (χ4v) is 3.49. The monoisotopic (exact) mass is 522 g/mol. The smallest absolute Gasteiger partial charge is 0.273 e.